The summed E-state index contributed by atoms with van der Waals surface area (Å²) < 4.78 is 0. The molecule has 23 heavy (non-hydrogen) atoms. The fourth-order valence-electron chi connectivity index (χ4n) is 2.47. The molecule has 0 radical (unpaired) electrons. The normalized spacial score (nSPS) is 14.5. The molecule has 118 valence electrons. The number of hydrogen-bond acceptors (Lipinski definition) is 6. The molecule has 0 aromatic heterocycles. The lowest BCUT2D eigenvalue weighted by atomic mass is 9.98. The van der Waals surface area contributed by atoms with Gasteiger partial charge in [0, 0.05) is 13.1 Å². The number of anilines is 2. The Morgan fingerprint density at radius 1 is 1.35 bits per heavy atom. The summed E-state index contributed by atoms with van der Waals surface area (Å²) in [6.07, 6.45) is 2.12. The number of carboxylic acids is 1. The Bertz CT molecular complexity index is 690. The van der Waals surface area contributed by atoms with Gasteiger partial charge in [-0.3, -0.25) is 5.43 Å². The number of benzene rings is 1. The number of carbonyl (C=O) groups is 1. The first-order chi connectivity index (χ1) is 11.0. The summed E-state index contributed by atoms with van der Waals surface area (Å²) in [6, 6.07) is 8.06. The second-order valence-corrected chi connectivity index (χ2v) is 5.50. The molecule has 0 unspecified atom stereocenters. The van der Waals surface area contributed by atoms with Crippen LogP contribution < -0.4 is 10.3 Å². The molecule has 0 bridgehead atoms. The van der Waals surface area contributed by atoms with Gasteiger partial charge >= 0.3 is 5.97 Å². The predicted molar refractivity (Wildman–Crippen MR) is 86.3 cm³/mol. The highest BCUT2D eigenvalue weighted by atomic mass is 16.4. The monoisotopic (exact) mass is 311 g/mol. The van der Waals surface area contributed by atoms with Gasteiger partial charge in [-0.25, -0.2) is 4.79 Å². The van der Waals surface area contributed by atoms with Crippen LogP contribution in [0.15, 0.2) is 23.3 Å². The average molecular weight is 311 g/mol. The molecule has 0 saturated carbocycles. The van der Waals surface area contributed by atoms with E-state index in [1.165, 1.54) is 6.07 Å². The van der Waals surface area contributed by atoms with Gasteiger partial charge < -0.3 is 10.0 Å². The fourth-order valence-corrected chi connectivity index (χ4v) is 2.47. The molecule has 1 heterocycles. The van der Waals surface area contributed by atoms with Crippen LogP contribution in [0.2, 0.25) is 0 Å². The van der Waals surface area contributed by atoms with Crippen molar-refractivity contribution in [2.24, 2.45) is 11.0 Å². The third-order valence-corrected chi connectivity index (χ3v) is 3.87. The van der Waals surface area contributed by atoms with E-state index in [4.69, 9.17) is 15.6 Å². The third-order valence-electron chi connectivity index (χ3n) is 3.87. The smallest absolute Gasteiger partial charge is 0.335 e. The van der Waals surface area contributed by atoms with Gasteiger partial charge in [-0.2, -0.15) is 15.6 Å². The fraction of sp³-hybridized carbons (Fsp3) is 0.375. The predicted octanol–water partition coefficient (Wildman–Crippen LogP) is 2.44. The highest BCUT2D eigenvalue weighted by molar-refractivity contribution is 6.10. The number of nitrogens with zero attached hydrogens (tertiary/aromatic N) is 4. The standard InChI is InChI=1S/C16H17N5O2/c1-11-4-6-21(7-5-11)15-3-2-12(16(22)23)8-14(15)20-19-13(9-17)10-18/h2-3,8,11,20H,4-7H2,1H3,(H,22,23). The van der Waals surface area contributed by atoms with Crippen LogP contribution in [0.3, 0.4) is 0 Å². The quantitative estimate of drug-likeness (QED) is 0.652. The molecule has 1 fully saturated rings. The molecule has 1 aromatic carbocycles. The van der Waals surface area contributed by atoms with Crippen molar-refractivity contribution >= 4 is 23.1 Å². The molecule has 1 saturated heterocycles. The van der Waals surface area contributed by atoms with Crippen molar-refractivity contribution in [3.8, 4) is 12.1 Å². The van der Waals surface area contributed by atoms with Crippen molar-refractivity contribution < 1.29 is 9.90 Å². The minimum absolute atomic E-state index is 0.118. The summed E-state index contributed by atoms with van der Waals surface area (Å²) in [7, 11) is 0. The van der Waals surface area contributed by atoms with Gasteiger partial charge in [0.25, 0.3) is 0 Å². The van der Waals surface area contributed by atoms with Crippen LogP contribution in [0.25, 0.3) is 0 Å². The van der Waals surface area contributed by atoms with Crippen molar-refractivity contribution in [3.05, 3.63) is 23.8 Å². The minimum Gasteiger partial charge on any atom is -0.478 e. The van der Waals surface area contributed by atoms with Crippen LogP contribution in [0.1, 0.15) is 30.1 Å². The maximum Gasteiger partial charge on any atom is 0.335 e. The number of aromatic carboxylic acids is 1. The molecule has 2 rings (SSSR count). The van der Waals surface area contributed by atoms with Crippen molar-refractivity contribution in [3.63, 3.8) is 0 Å². The average Bonchev–Trinajstić information content (AvgIpc) is 2.56. The van der Waals surface area contributed by atoms with Gasteiger partial charge in [-0.1, -0.05) is 6.92 Å². The molecule has 0 amide bonds. The summed E-state index contributed by atoms with van der Waals surface area (Å²) in [5.74, 6) is -0.376. The summed E-state index contributed by atoms with van der Waals surface area (Å²) in [5.41, 5.74) is 3.75. The number of nitrogens with one attached hydrogen (secondary N) is 1. The van der Waals surface area contributed by atoms with Crippen LogP contribution in [0, 0.1) is 28.6 Å². The van der Waals surface area contributed by atoms with Gasteiger partial charge in [-0.15, -0.1) is 0 Å². The van der Waals surface area contributed by atoms with E-state index in [1.807, 2.05) is 0 Å². The zero-order chi connectivity index (χ0) is 16.8. The lowest BCUT2D eigenvalue weighted by molar-refractivity contribution is 0.0697. The van der Waals surface area contributed by atoms with Crippen LogP contribution in [-0.4, -0.2) is 29.9 Å². The first-order valence-corrected chi connectivity index (χ1v) is 7.31. The van der Waals surface area contributed by atoms with Crippen LogP contribution >= 0.6 is 0 Å². The maximum atomic E-state index is 11.2. The Hall–Kier alpha value is -3.06. The third kappa shape index (κ3) is 3.98. The SMILES string of the molecule is CC1CCN(c2ccc(C(=O)O)cc2NN=C(C#N)C#N)CC1. The molecule has 7 nitrogen and oxygen atoms in total. The largest absolute Gasteiger partial charge is 0.478 e. The first kappa shape index (κ1) is 16.3. The zero-order valence-electron chi connectivity index (χ0n) is 12.8. The molecule has 7 heteroatoms. The van der Waals surface area contributed by atoms with E-state index in [1.54, 1.807) is 24.3 Å². The van der Waals surface area contributed by atoms with Gasteiger partial charge in [0.15, 0.2) is 0 Å². The summed E-state index contributed by atoms with van der Waals surface area (Å²) in [4.78, 5) is 13.3. The Kier molecular flexibility index (Phi) is 5.16. The lowest BCUT2D eigenvalue weighted by Crippen LogP contribution is -2.33. The van der Waals surface area contributed by atoms with Crippen molar-refractivity contribution in [2.75, 3.05) is 23.4 Å². The number of piperidine rings is 1. The van der Waals surface area contributed by atoms with Crippen molar-refractivity contribution in [1.82, 2.24) is 0 Å². The number of nitriles is 2. The van der Waals surface area contributed by atoms with Gasteiger partial charge in [0.2, 0.25) is 5.71 Å². The highest BCUT2D eigenvalue weighted by Gasteiger charge is 2.19. The Labute approximate surface area is 134 Å². The topological polar surface area (TPSA) is 113 Å². The van der Waals surface area contributed by atoms with Crippen molar-refractivity contribution in [2.45, 2.75) is 19.8 Å². The minimum atomic E-state index is -1.04. The molecular formula is C16H17N5O2. The molecule has 1 aromatic rings. The van der Waals surface area contributed by atoms with Crippen molar-refractivity contribution in [1.29, 1.82) is 10.5 Å². The molecule has 1 aliphatic heterocycles. The van der Waals surface area contributed by atoms with Gasteiger partial charge in [0.05, 0.1) is 16.9 Å². The van der Waals surface area contributed by atoms with Crippen LogP contribution in [0.4, 0.5) is 11.4 Å². The summed E-state index contributed by atoms with van der Waals surface area (Å²) in [6.45, 7) is 3.95. The van der Waals surface area contributed by atoms with Gasteiger partial charge in [-0.05, 0) is 37.0 Å². The van der Waals surface area contributed by atoms with E-state index in [2.05, 4.69) is 22.4 Å². The Morgan fingerprint density at radius 2 is 2.00 bits per heavy atom. The highest BCUT2D eigenvalue weighted by Crippen LogP contribution is 2.31. The van der Waals surface area contributed by atoms with E-state index >= 15 is 0 Å². The number of carboxylic acid groups (broad SMARTS) is 1. The molecular weight excluding hydrogens is 294 g/mol. The molecule has 0 spiro atoms. The van der Waals surface area contributed by atoms with E-state index in [0.717, 1.165) is 31.6 Å². The van der Waals surface area contributed by atoms with Crippen LogP contribution in [-0.2, 0) is 0 Å². The lowest BCUT2D eigenvalue weighted by Gasteiger charge is -2.33. The molecule has 0 atom stereocenters. The van der Waals surface area contributed by atoms with E-state index < -0.39 is 5.97 Å². The number of hydrogen-bond donors (Lipinski definition) is 2. The second kappa shape index (κ2) is 7.28. The molecule has 2 N–H and O–H groups in total. The van der Waals surface area contributed by atoms with E-state index in [0.29, 0.717) is 11.6 Å². The maximum absolute atomic E-state index is 11.2. The molecule has 0 aliphatic carbocycles. The van der Waals surface area contributed by atoms with E-state index in [9.17, 15) is 4.79 Å². The first-order valence-electron chi connectivity index (χ1n) is 7.31. The Morgan fingerprint density at radius 3 is 2.57 bits per heavy atom. The Balaban J connectivity index is 2.34. The summed E-state index contributed by atoms with van der Waals surface area (Å²) >= 11 is 0. The van der Waals surface area contributed by atoms with E-state index in [-0.39, 0.29) is 11.3 Å². The van der Waals surface area contributed by atoms with Gasteiger partial charge in [0.1, 0.15) is 12.1 Å². The number of hydrazone groups is 1. The summed E-state index contributed by atoms with van der Waals surface area (Å²) in [5, 5.41) is 30.4. The van der Waals surface area contributed by atoms with Crippen LogP contribution in [0.5, 0.6) is 0 Å². The second-order valence-electron chi connectivity index (χ2n) is 5.50. The zero-order valence-corrected chi connectivity index (χ0v) is 12.8. The molecule has 1 aliphatic rings. The number of rotatable bonds is 4.